The average Bonchev–Trinajstić information content (AvgIpc) is 2.53. The van der Waals surface area contributed by atoms with E-state index in [1.807, 2.05) is 6.92 Å². The number of anilines is 1. The monoisotopic (exact) mass is 345 g/mol. The van der Waals surface area contributed by atoms with E-state index in [9.17, 15) is 9.59 Å². The van der Waals surface area contributed by atoms with Gasteiger partial charge in [0.1, 0.15) is 5.75 Å². The zero-order chi connectivity index (χ0) is 16.4. The number of halogens is 1. The van der Waals surface area contributed by atoms with Crippen LogP contribution in [0.4, 0.5) is 5.69 Å². The van der Waals surface area contributed by atoms with Crippen LogP contribution in [0.15, 0.2) is 24.3 Å². The van der Waals surface area contributed by atoms with Crippen LogP contribution in [0.1, 0.15) is 13.3 Å². The van der Waals surface area contributed by atoms with Crippen molar-refractivity contribution in [2.75, 3.05) is 32.1 Å². The molecule has 1 atom stereocenters. The lowest BCUT2D eigenvalue weighted by molar-refractivity contribution is -0.125. The van der Waals surface area contributed by atoms with Gasteiger partial charge in [-0.3, -0.25) is 9.59 Å². The molecule has 8 heteroatoms. The fourth-order valence-corrected chi connectivity index (χ4v) is 1.73. The highest BCUT2D eigenvalue weighted by atomic mass is 35.5. The maximum Gasteiger partial charge on any atom is 0.243 e. The van der Waals surface area contributed by atoms with Crippen molar-refractivity contribution in [2.45, 2.75) is 19.4 Å². The summed E-state index contributed by atoms with van der Waals surface area (Å²) in [5.41, 5.74) is 6.07. The van der Waals surface area contributed by atoms with E-state index in [1.54, 1.807) is 24.3 Å². The maximum absolute atomic E-state index is 11.7. The lowest BCUT2D eigenvalue weighted by Crippen LogP contribution is -2.36. The van der Waals surface area contributed by atoms with Gasteiger partial charge in [0.05, 0.1) is 25.7 Å². The van der Waals surface area contributed by atoms with Crippen LogP contribution in [0.2, 0.25) is 0 Å². The van der Waals surface area contributed by atoms with Gasteiger partial charge in [0.25, 0.3) is 0 Å². The van der Waals surface area contributed by atoms with Crippen LogP contribution < -0.4 is 21.1 Å². The zero-order valence-electron chi connectivity index (χ0n) is 13.3. The Morgan fingerprint density at radius 2 is 1.87 bits per heavy atom. The number of carbonyl (C=O) groups excluding carboxylic acids is 2. The fourth-order valence-electron chi connectivity index (χ4n) is 1.73. The van der Waals surface area contributed by atoms with Crippen molar-refractivity contribution in [3.8, 4) is 5.75 Å². The standard InChI is InChI=1S/C15H23N3O4.ClH/c1-3-22-12-6-4-11(5-7-12)18-15(20)10-17-14(19)8-13(9-16)21-2;/h4-7,13H,3,8-10,16H2,1-2H3,(H,17,19)(H,18,20);1H. The van der Waals surface area contributed by atoms with Crippen LogP contribution in [0.25, 0.3) is 0 Å². The number of nitrogens with one attached hydrogen (secondary N) is 2. The first-order valence-corrected chi connectivity index (χ1v) is 7.11. The molecule has 7 nitrogen and oxygen atoms in total. The molecule has 0 aliphatic carbocycles. The summed E-state index contributed by atoms with van der Waals surface area (Å²) in [5.74, 6) is 0.152. The second-order valence-electron chi connectivity index (χ2n) is 4.58. The molecule has 1 unspecified atom stereocenters. The van der Waals surface area contributed by atoms with E-state index in [-0.39, 0.29) is 49.8 Å². The van der Waals surface area contributed by atoms with E-state index in [4.69, 9.17) is 15.2 Å². The summed E-state index contributed by atoms with van der Waals surface area (Å²) in [6.45, 7) is 2.63. The molecule has 0 bridgehead atoms. The van der Waals surface area contributed by atoms with Gasteiger partial charge in [-0.25, -0.2) is 0 Å². The molecule has 23 heavy (non-hydrogen) atoms. The van der Waals surface area contributed by atoms with Crippen molar-refractivity contribution in [1.29, 1.82) is 0 Å². The van der Waals surface area contributed by atoms with Crippen molar-refractivity contribution in [2.24, 2.45) is 5.73 Å². The van der Waals surface area contributed by atoms with Gasteiger partial charge in [0, 0.05) is 19.3 Å². The topological polar surface area (TPSA) is 103 Å². The molecule has 1 aromatic rings. The first kappa shape index (κ1) is 21.2. The molecular weight excluding hydrogens is 322 g/mol. The number of nitrogens with two attached hydrogens (primary N) is 1. The minimum Gasteiger partial charge on any atom is -0.494 e. The Labute approximate surface area is 142 Å². The summed E-state index contributed by atoms with van der Waals surface area (Å²) in [7, 11) is 1.49. The Bertz CT molecular complexity index is 478. The lowest BCUT2D eigenvalue weighted by atomic mass is 10.2. The van der Waals surface area contributed by atoms with E-state index in [0.717, 1.165) is 5.75 Å². The van der Waals surface area contributed by atoms with Gasteiger partial charge >= 0.3 is 0 Å². The SMILES string of the molecule is CCOc1ccc(NC(=O)CNC(=O)CC(CN)OC)cc1.Cl. The van der Waals surface area contributed by atoms with Gasteiger partial charge < -0.3 is 25.8 Å². The summed E-state index contributed by atoms with van der Waals surface area (Å²) in [5, 5.41) is 5.20. The van der Waals surface area contributed by atoms with Crippen LogP contribution in [0.3, 0.4) is 0 Å². The highest BCUT2D eigenvalue weighted by Crippen LogP contribution is 2.15. The molecule has 4 N–H and O–H groups in total. The summed E-state index contributed by atoms with van der Waals surface area (Å²) in [4.78, 5) is 23.3. The molecule has 1 aromatic carbocycles. The van der Waals surface area contributed by atoms with E-state index >= 15 is 0 Å². The fraction of sp³-hybridized carbons (Fsp3) is 0.467. The molecule has 2 amide bonds. The number of amides is 2. The molecule has 0 aliphatic rings. The minimum absolute atomic E-state index is 0. The molecule has 1 rings (SSSR count). The third-order valence-electron chi connectivity index (χ3n) is 2.90. The number of methoxy groups -OCH3 is 1. The van der Waals surface area contributed by atoms with E-state index in [1.165, 1.54) is 7.11 Å². The van der Waals surface area contributed by atoms with E-state index in [0.29, 0.717) is 12.3 Å². The Morgan fingerprint density at radius 1 is 1.22 bits per heavy atom. The molecule has 0 radical (unpaired) electrons. The first-order chi connectivity index (χ1) is 10.6. The second kappa shape index (κ2) is 11.7. The molecule has 0 saturated heterocycles. The number of hydrogen-bond donors (Lipinski definition) is 3. The quantitative estimate of drug-likeness (QED) is 0.617. The molecule has 0 saturated carbocycles. The highest BCUT2D eigenvalue weighted by molar-refractivity contribution is 5.94. The molecule has 0 aliphatic heterocycles. The van der Waals surface area contributed by atoms with Crippen LogP contribution in [0, 0.1) is 0 Å². The van der Waals surface area contributed by atoms with Gasteiger partial charge in [-0.05, 0) is 31.2 Å². The molecule has 0 heterocycles. The first-order valence-electron chi connectivity index (χ1n) is 7.11. The largest absolute Gasteiger partial charge is 0.494 e. The number of rotatable bonds is 9. The van der Waals surface area contributed by atoms with Gasteiger partial charge in [-0.2, -0.15) is 0 Å². The van der Waals surface area contributed by atoms with Crippen molar-refractivity contribution >= 4 is 29.9 Å². The average molecular weight is 346 g/mol. The zero-order valence-corrected chi connectivity index (χ0v) is 14.2. The van der Waals surface area contributed by atoms with Crippen LogP contribution in [-0.4, -0.2) is 44.7 Å². The van der Waals surface area contributed by atoms with Crippen LogP contribution >= 0.6 is 12.4 Å². The van der Waals surface area contributed by atoms with Crippen LogP contribution in [0.5, 0.6) is 5.75 Å². The second-order valence-corrected chi connectivity index (χ2v) is 4.58. The summed E-state index contributed by atoms with van der Waals surface area (Å²) >= 11 is 0. The Morgan fingerprint density at radius 3 is 2.39 bits per heavy atom. The van der Waals surface area contributed by atoms with Crippen molar-refractivity contribution < 1.29 is 19.1 Å². The number of benzene rings is 1. The van der Waals surface area contributed by atoms with Gasteiger partial charge in [-0.1, -0.05) is 0 Å². The molecule has 0 spiro atoms. The van der Waals surface area contributed by atoms with Crippen molar-refractivity contribution in [1.82, 2.24) is 5.32 Å². The summed E-state index contributed by atoms with van der Waals surface area (Å²) in [6, 6.07) is 7.00. The van der Waals surface area contributed by atoms with Gasteiger partial charge in [-0.15, -0.1) is 12.4 Å². The third kappa shape index (κ3) is 8.39. The molecule has 130 valence electrons. The number of ether oxygens (including phenoxy) is 2. The molecule has 0 fully saturated rings. The lowest BCUT2D eigenvalue weighted by Gasteiger charge is -2.12. The summed E-state index contributed by atoms with van der Waals surface area (Å²) in [6.07, 6.45) is -0.210. The molecule has 0 aromatic heterocycles. The van der Waals surface area contributed by atoms with Crippen molar-refractivity contribution in [3.05, 3.63) is 24.3 Å². The van der Waals surface area contributed by atoms with Crippen molar-refractivity contribution in [3.63, 3.8) is 0 Å². The van der Waals surface area contributed by atoms with Gasteiger partial charge in [0.2, 0.25) is 11.8 Å². The Hall–Kier alpha value is -1.83. The third-order valence-corrected chi connectivity index (χ3v) is 2.90. The smallest absolute Gasteiger partial charge is 0.243 e. The normalized spacial score (nSPS) is 11.1. The Kier molecular flexibility index (Phi) is 10.8. The van der Waals surface area contributed by atoms with Gasteiger partial charge in [0.15, 0.2) is 0 Å². The van der Waals surface area contributed by atoms with Crippen LogP contribution in [-0.2, 0) is 14.3 Å². The number of hydrogen-bond acceptors (Lipinski definition) is 5. The predicted molar refractivity (Wildman–Crippen MR) is 91.0 cm³/mol. The highest BCUT2D eigenvalue weighted by Gasteiger charge is 2.12. The number of carbonyl (C=O) groups is 2. The summed E-state index contributed by atoms with van der Waals surface area (Å²) < 4.78 is 10.3. The Balaban J connectivity index is 0.00000484. The predicted octanol–water partition coefficient (Wildman–Crippen LogP) is 0.926. The molecular formula is C15H24ClN3O4. The maximum atomic E-state index is 11.7. The van der Waals surface area contributed by atoms with E-state index < -0.39 is 0 Å². The minimum atomic E-state index is -0.339. The van der Waals surface area contributed by atoms with E-state index in [2.05, 4.69) is 10.6 Å².